The lowest BCUT2D eigenvalue weighted by atomic mass is 10.3. The summed E-state index contributed by atoms with van der Waals surface area (Å²) < 4.78 is 35.6. The van der Waals surface area contributed by atoms with Gasteiger partial charge in [-0.1, -0.05) is 12.1 Å². The lowest BCUT2D eigenvalue weighted by molar-refractivity contribution is -0.0327. The molecule has 0 amide bonds. The van der Waals surface area contributed by atoms with Crippen molar-refractivity contribution in [3.63, 3.8) is 0 Å². The standard InChI is InChI=1S/C10H10F3N3S/c11-10(12,13)17-6-5-14-9-15-7-3-1-2-4-8(7)16-9/h1-4H,5-6H2,(H2,14,15,16). The number of fused-ring (bicyclic) bond motifs is 1. The summed E-state index contributed by atoms with van der Waals surface area (Å²) in [6.07, 6.45) is 0. The van der Waals surface area contributed by atoms with Gasteiger partial charge < -0.3 is 10.3 Å². The van der Waals surface area contributed by atoms with Crippen LogP contribution in [-0.2, 0) is 0 Å². The van der Waals surface area contributed by atoms with Gasteiger partial charge in [0.15, 0.2) is 0 Å². The van der Waals surface area contributed by atoms with E-state index in [0.29, 0.717) is 5.95 Å². The Balaban J connectivity index is 1.87. The number of halogens is 3. The second-order valence-electron chi connectivity index (χ2n) is 3.32. The molecule has 2 N–H and O–H groups in total. The van der Waals surface area contributed by atoms with Crippen LogP contribution >= 0.6 is 11.8 Å². The maximum Gasteiger partial charge on any atom is 0.441 e. The molecule has 1 aromatic heterocycles. The first kappa shape index (κ1) is 12.1. The van der Waals surface area contributed by atoms with Crippen LogP contribution in [0.25, 0.3) is 11.0 Å². The molecule has 92 valence electrons. The molecule has 0 aliphatic heterocycles. The van der Waals surface area contributed by atoms with Crippen molar-refractivity contribution in [2.24, 2.45) is 0 Å². The van der Waals surface area contributed by atoms with Crippen LogP contribution in [0.2, 0.25) is 0 Å². The average molecular weight is 261 g/mol. The van der Waals surface area contributed by atoms with Crippen molar-refractivity contribution in [2.75, 3.05) is 17.6 Å². The Labute approximate surface area is 99.8 Å². The molecule has 1 heterocycles. The van der Waals surface area contributed by atoms with Gasteiger partial charge in [0, 0.05) is 12.3 Å². The van der Waals surface area contributed by atoms with Crippen molar-refractivity contribution < 1.29 is 13.2 Å². The minimum atomic E-state index is -4.17. The molecule has 0 radical (unpaired) electrons. The zero-order chi connectivity index (χ0) is 12.3. The molecule has 0 saturated heterocycles. The Hall–Kier alpha value is -1.37. The Morgan fingerprint density at radius 2 is 2.06 bits per heavy atom. The Bertz CT molecular complexity index is 462. The van der Waals surface area contributed by atoms with Gasteiger partial charge in [0.05, 0.1) is 11.0 Å². The third kappa shape index (κ3) is 3.55. The number of H-pyrrole nitrogens is 1. The average Bonchev–Trinajstić information content (AvgIpc) is 2.65. The zero-order valence-corrected chi connectivity index (χ0v) is 9.53. The van der Waals surface area contributed by atoms with Gasteiger partial charge in [0.2, 0.25) is 5.95 Å². The monoisotopic (exact) mass is 261 g/mol. The van der Waals surface area contributed by atoms with Gasteiger partial charge in [-0.3, -0.25) is 0 Å². The molecule has 0 fully saturated rings. The van der Waals surface area contributed by atoms with Crippen LogP contribution < -0.4 is 5.32 Å². The van der Waals surface area contributed by atoms with E-state index in [1.165, 1.54) is 0 Å². The quantitative estimate of drug-likeness (QED) is 0.830. The van der Waals surface area contributed by atoms with Crippen molar-refractivity contribution in [3.8, 4) is 0 Å². The van der Waals surface area contributed by atoms with E-state index in [9.17, 15) is 13.2 Å². The SMILES string of the molecule is FC(F)(F)SCCNc1nc2ccccc2[nH]1. The predicted octanol–water partition coefficient (Wildman–Crippen LogP) is 3.23. The van der Waals surface area contributed by atoms with Crippen molar-refractivity contribution >= 4 is 28.7 Å². The number of para-hydroxylation sites is 2. The minimum Gasteiger partial charge on any atom is -0.355 e. The van der Waals surface area contributed by atoms with Crippen LogP contribution in [0.5, 0.6) is 0 Å². The number of thioether (sulfide) groups is 1. The molecule has 7 heteroatoms. The minimum absolute atomic E-state index is 0.0411. The first-order valence-electron chi connectivity index (χ1n) is 4.94. The summed E-state index contributed by atoms with van der Waals surface area (Å²) in [6.45, 7) is 0.212. The van der Waals surface area contributed by atoms with Crippen LogP contribution in [0.3, 0.4) is 0 Å². The van der Waals surface area contributed by atoms with E-state index in [4.69, 9.17) is 0 Å². The van der Waals surface area contributed by atoms with Crippen molar-refractivity contribution in [2.45, 2.75) is 5.51 Å². The van der Waals surface area contributed by atoms with Crippen LogP contribution in [0.4, 0.5) is 19.1 Å². The van der Waals surface area contributed by atoms with Crippen LogP contribution in [0.15, 0.2) is 24.3 Å². The molecule has 0 unspecified atom stereocenters. The van der Waals surface area contributed by atoms with Gasteiger partial charge in [-0.2, -0.15) is 13.2 Å². The molecule has 0 spiro atoms. The molecular formula is C10H10F3N3S. The molecule has 2 rings (SSSR count). The number of nitrogens with one attached hydrogen (secondary N) is 2. The van der Waals surface area contributed by atoms with E-state index in [1.54, 1.807) is 0 Å². The highest BCUT2D eigenvalue weighted by molar-refractivity contribution is 8.00. The summed E-state index contributed by atoms with van der Waals surface area (Å²) in [5, 5.41) is 2.82. The van der Waals surface area contributed by atoms with E-state index in [0.717, 1.165) is 11.0 Å². The fourth-order valence-electron chi connectivity index (χ4n) is 1.37. The number of aromatic amines is 1. The third-order valence-corrected chi connectivity index (χ3v) is 2.79. The fraction of sp³-hybridized carbons (Fsp3) is 0.300. The number of benzene rings is 1. The summed E-state index contributed by atoms with van der Waals surface area (Å²) in [6, 6.07) is 7.41. The fourth-order valence-corrected chi connectivity index (χ4v) is 1.81. The number of rotatable bonds is 4. The van der Waals surface area contributed by atoms with Gasteiger partial charge in [0.25, 0.3) is 0 Å². The molecular weight excluding hydrogens is 251 g/mol. The van der Waals surface area contributed by atoms with Gasteiger partial charge >= 0.3 is 5.51 Å². The van der Waals surface area contributed by atoms with Crippen molar-refractivity contribution in [1.82, 2.24) is 9.97 Å². The maximum atomic E-state index is 11.9. The summed E-state index contributed by atoms with van der Waals surface area (Å²) >= 11 is -0.0445. The molecule has 0 aliphatic rings. The molecule has 0 saturated carbocycles. The first-order valence-corrected chi connectivity index (χ1v) is 5.92. The number of nitrogens with zero attached hydrogens (tertiary/aromatic N) is 1. The van der Waals surface area contributed by atoms with E-state index in [1.807, 2.05) is 24.3 Å². The Kier molecular flexibility index (Phi) is 3.46. The molecule has 0 atom stereocenters. The van der Waals surface area contributed by atoms with E-state index >= 15 is 0 Å². The smallest absolute Gasteiger partial charge is 0.355 e. The lowest BCUT2D eigenvalue weighted by Gasteiger charge is -2.05. The lowest BCUT2D eigenvalue weighted by Crippen LogP contribution is -2.10. The number of aromatic nitrogens is 2. The number of alkyl halides is 3. The molecule has 3 nitrogen and oxygen atoms in total. The number of hydrogen-bond donors (Lipinski definition) is 2. The largest absolute Gasteiger partial charge is 0.441 e. The molecule has 17 heavy (non-hydrogen) atoms. The molecule has 2 aromatic rings. The summed E-state index contributed by atoms with van der Waals surface area (Å²) in [7, 11) is 0. The van der Waals surface area contributed by atoms with Crippen LogP contribution in [0.1, 0.15) is 0 Å². The van der Waals surface area contributed by atoms with Gasteiger partial charge in [-0.25, -0.2) is 4.98 Å². The van der Waals surface area contributed by atoms with E-state index < -0.39 is 5.51 Å². The predicted molar refractivity (Wildman–Crippen MR) is 63.1 cm³/mol. The summed E-state index contributed by atoms with van der Waals surface area (Å²) in [5.41, 5.74) is -2.52. The second kappa shape index (κ2) is 4.87. The highest BCUT2D eigenvalue weighted by Crippen LogP contribution is 2.29. The maximum absolute atomic E-state index is 11.9. The number of hydrogen-bond acceptors (Lipinski definition) is 3. The van der Waals surface area contributed by atoms with E-state index in [2.05, 4.69) is 15.3 Å². The summed E-state index contributed by atoms with van der Waals surface area (Å²) in [4.78, 5) is 7.17. The van der Waals surface area contributed by atoms with Crippen molar-refractivity contribution in [3.05, 3.63) is 24.3 Å². The first-order chi connectivity index (χ1) is 8.04. The number of imidazole rings is 1. The normalized spacial score (nSPS) is 11.9. The van der Waals surface area contributed by atoms with Crippen LogP contribution in [-0.4, -0.2) is 27.8 Å². The van der Waals surface area contributed by atoms with Gasteiger partial charge in [-0.05, 0) is 23.9 Å². The van der Waals surface area contributed by atoms with Crippen molar-refractivity contribution in [1.29, 1.82) is 0 Å². The molecule has 0 aliphatic carbocycles. The number of anilines is 1. The Morgan fingerprint density at radius 1 is 1.29 bits per heavy atom. The highest BCUT2D eigenvalue weighted by Gasteiger charge is 2.27. The second-order valence-corrected chi connectivity index (χ2v) is 4.48. The van der Waals surface area contributed by atoms with E-state index in [-0.39, 0.29) is 24.1 Å². The zero-order valence-electron chi connectivity index (χ0n) is 8.71. The van der Waals surface area contributed by atoms with Gasteiger partial charge in [0.1, 0.15) is 0 Å². The van der Waals surface area contributed by atoms with Crippen LogP contribution in [0, 0.1) is 0 Å². The van der Waals surface area contributed by atoms with Gasteiger partial charge in [-0.15, -0.1) is 0 Å². The third-order valence-electron chi connectivity index (χ3n) is 2.05. The molecule has 1 aromatic carbocycles. The molecule has 0 bridgehead atoms. The highest BCUT2D eigenvalue weighted by atomic mass is 32.2. The summed E-state index contributed by atoms with van der Waals surface area (Å²) in [5.74, 6) is 0.453. The topological polar surface area (TPSA) is 40.7 Å². The Morgan fingerprint density at radius 3 is 2.76 bits per heavy atom.